The van der Waals surface area contributed by atoms with Crippen LogP contribution in [0.2, 0.25) is 0 Å². The average Bonchev–Trinajstić information content (AvgIpc) is 3.22. The van der Waals surface area contributed by atoms with Crippen molar-refractivity contribution in [3.8, 4) is 28.5 Å². The zero-order valence-electron chi connectivity index (χ0n) is 20.0. The average molecular weight is 426 g/mol. The third kappa shape index (κ3) is 4.20. The minimum Gasteiger partial charge on any atom is -0.299 e. The lowest BCUT2D eigenvalue weighted by molar-refractivity contribution is 0.697. The maximum Gasteiger partial charge on any atom is 0.163 e. The van der Waals surface area contributed by atoms with E-state index in [9.17, 15) is 0 Å². The highest BCUT2D eigenvalue weighted by molar-refractivity contribution is 5.68. The molecule has 5 heteroatoms. The van der Waals surface area contributed by atoms with E-state index in [1.807, 2.05) is 18.5 Å². The third-order valence-electron chi connectivity index (χ3n) is 5.60. The van der Waals surface area contributed by atoms with Crippen molar-refractivity contribution in [2.75, 3.05) is 0 Å². The van der Waals surface area contributed by atoms with Crippen LogP contribution in [0, 0.1) is 20.8 Å². The van der Waals surface area contributed by atoms with Crippen molar-refractivity contribution >= 4 is 0 Å². The fraction of sp³-hybridized carbons (Fsp3) is 0.333. The van der Waals surface area contributed by atoms with Gasteiger partial charge in [0.25, 0.3) is 0 Å². The van der Waals surface area contributed by atoms with Crippen molar-refractivity contribution in [1.82, 2.24) is 24.5 Å². The Morgan fingerprint density at radius 1 is 0.750 bits per heavy atom. The Bertz CT molecular complexity index is 1220. The van der Waals surface area contributed by atoms with Crippen LogP contribution in [-0.4, -0.2) is 24.5 Å². The second kappa shape index (κ2) is 8.65. The van der Waals surface area contributed by atoms with Gasteiger partial charge in [-0.1, -0.05) is 63.6 Å². The first-order valence-electron chi connectivity index (χ1n) is 11.2. The minimum atomic E-state index is 0.240. The molecule has 0 aliphatic rings. The maximum absolute atomic E-state index is 4.78. The maximum atomic E-state index is 4.78. The van der Waals surface area contributed by atoms with E-state index in [1.54, 1.807) is 0 Å². The number of imidazole rings is 1. The van der Waals surface area contributed by atoms with E-state index in [2.05, 4.69) is 88.3 Å². The quantitative estimate of drug-likeness (QED) is 0.363. The van der Waals surface area contributed by atoms with E-state index in [1.165, 1.54) is 22.4 Å². The van der Waals surface area contributed by atoms with Gasteiger partial charge < -0.3 is 0 Å². The van der Waals surface area contributed by atoms with Crippen molar-refractivity contribution in [3.05, 3.63) is 77.1 Å². The van der Waals surface area contributed by atoms with Gasteiger partial charge in [0.2, 0.25) is 0 Å². The Kier molecular flexibility index (Phi) is 5.92. The van der Waals surface area contributed by atoms with Gasteiger partial charge in [-0.25, -0.2) is 19.9 Å². The van der Waals surface area contributed by atoms with Gasteiger partial charge in [0, 0.05) is 35.4 Å². The molecule has 0 aliphatic heterocycles. The zero-order chi connectivity index (χ0) is 23.0. The Morgan fingerprint density at radius 3 is 1.94 bits per heavy atom. The van der Waals surface area contributed by atoms with Crippen molar-refractivity contribution in [2.24, 2.45) is 0 Å². The molecule has 5 nitrogen and oxygen atoms in total. The van der Waals surface area contributed by atoms with Crippen LogP contribution in [0.25, 0.3) is 28.5 Å². The molecule has 0 radical (unpaired) electrons. The van der Waals surface area contributed by atoms with Gasteiger partial charge in [0.1, 0.15) is 17.5 Å². The number of aromatic nitrogens is 5. The lowest BCUT2D eigenvalue weighted by atomic mass is 10.0. The molecular weight excluding hydrogens is 394 g/mol. The van der Waals surface area contributed by atoms with E-state index in [0.717, 1.165) is 34.4 Å². The molecule has 2 aromatic heterocycles. The Balaban J connectivity index is 1.83. The predicted octanol–water partition coefficient (Wildman–Crippen LogP) is 6.56. The summed E-state index contributed by atoms with van der Waals surface area (Å²) in [5.74, 6) is 3.76. The van der Waals surface area contributed by atoms with Crippen LogP contribution in [0.3, 0.4) is 0 Å². The van der Waals surface area contributed by atoms with Crippen LogP contribution in [0.4, 0.5) is 0 Å². The molecule has 2 aromatic carbocycles. The van der Waals surface area contributed by atoms with Gasteiger partial charge in [0.05, 0.1) is 5.69 Å². The van der Waals surface area contributed by atoms with Crippen LogP contribution < -0.4 is 0 Å². The lowest BCUT2D eigenvalue weighted by Crippen LogP contribution is -2.08. The van der Waals surface area contributed by atoms with Crippen LogP contribution in [-0.2, 0) is 0 Å². The highest BCUT2D eigenvalue weighted by atomic mass is 15.1. The number of nitrogens with zero attached hydrogens (tertiary/aromatic N) is 5. The fourth-order valence-electron chi connectivity index (χ4n) is 4.10. The second-order valence-corrected chi connectivity index (χ2v) is 9.13. The van der Waals surface area contributed by atoms with Gasteiger partial charge >= 0.3 is 0 Å². The fourth-order valence-corrected chi connectivity index (χ4v) is 4.10. The summed E-state index contributed by atoms with van der Waals surface area (Å²) in [7, 11) is 0. The molecule has 0 aliphatic carbocycles. The molecule has 0 fully saturated rings. The SMILES string of the molecule is Cc1cc(C)c(-n2ccnc2-c2cccc(-c3nc(C(C)C)nc(C(C)C)n3)c2)c(C)c1. The standard InChI is InChI=1S/C27H31N5/c1-16(2)24-29-25(17(3)4)31-26(30-24)21-9-8-10-22(15-21)27-28-11-12-32(27)23-19(6)13-18(5)14-20(23)7/h8-17H,1-7H3. The van der Waals surface area contributed by atoms with E-state index in [4.69, 9.17) is 15.0 Å². The molecule has 4 rings (SSSR count). The van der Waals surface area contributed by atoms with Crippen molar-refractivity contribution in [3.63, 3.8) is 0 Å². The first-order chi connectivity index (χ1) is 15.2. The highest BCUT2D eigenvalue weighted by Gasteiger charge is 2.16. The molecule has 0 amide bonds. The molecule has 0 atom stereocenters. The first-order valence-corrected chi connectivity index (χ1v) is 11.2. The molecule has 0 saturated heterocycles. The third-order valence-corrected chi connectivity index (χ3v) is 5.60. The monoisotopic (exact) mass is 425 g/mol. The summed E-state index contributed by atoms with van der Waals surface area (Å²) >= 11 is 0. The molecule has 0 N–H and O–H groups in total. The Morgan fingerprint density at radius 2 is 1.34 bits per heavy atom. The summed E-state index contributed by atoms with van der Waals surface area (Å²) in [4.78, 5) is 18.9. The molecule has 32 heavy (non-hydrogen) atoms. The van der Waals surface area contributed by atoms with Crippen LogP contribution in [0.15, 0.2) is 48.8 Å². The molecule has 0 spiro atoms. The molecule has 0 bridgehead atoms. The number of benzene rings is 2. The largest absolute Gasteiger partial charge is 0.299 e. The molecule has 0 unspecified atom stereocenters. The number of hydrogen-bond acceptors (Lipinski definition) is 4. The van der Waals surface area contributed by atoms with Crippen LogP contribution in [0.5, 0.6) is 0 Å². The van der Waals surface area contributed by atoms with Crippen molar-refractivity contribution in [1.29, 1.82) is 0 Å². The number of hydrogen-bond donors (Lipinski definition) is 0. The Hall–Kier alpha value is -3.34. The molecule has 0 saturated carbocycles. The van der Waals surface area contributed by atoms with E-state index in [-0.39, 0.29) is 11.8 Å². The molecular formula is C27H31N5. The zero-order valence-corrected chi connectivity index (χ0v) is 20.0. The van der Waals surface area contributed by atoms with Gasteiger partial charge in [-0.15, -0.1) is 0 Å². The van der Waals surface area contributed by atoms with Crippen molar-refractivity contribution < 1.29 is 0 Å². The summed E-state index contributed by atoms with van der Waals surface area (Å²) in [6.07, 6.45) is 3.89. The summed E-state index contributed by atoms with van der Waals surface area (Å²) < 4.78 is 2.18. The topological polar surface area (TPSA) is 56.5 Å². The first kappa shape index (κ1) is 21.9. The van der Waals surface area contributed by atoms with Gasteiger partial charge in [-0.2, -0.15) is 0 Å². The summed E-state index contributed by atoms with van der Waals surface area (Å²) in [5.41, 5.74) is 6.92. The van der Waals surface area contributed by atoms with E-state index >= 15 is 0 Å². The minimum absolute atomic E-state index is 0.240. The molecule has 4 aromatic rings. The molecule has 2 heterocycles. The molecule has 164 valence electrons. The number of rotatable bonds is 5. The van der Waals surface area contributed by atoms with Gasteiger partial charge in [-0.3, -0.25) is 4.57 Å². The van der Waals surface area contributed by atoms with Gasteiger partial charge in [0.15, 0.2) is 5.82 Å². The summed E-state index contributed by atoms with van der Waals surface area (Å²) in [6, 6.07) is 12.8. The van der Waals surface area contributed by atoms with Crippen LogP contribution >= 0.6 is 0 Å². The van der Waals surface area contributed by atoms with E-state index in [0.29, 0.717) is 0 Å². The van der Waals surface area contributed by atoms with E-state index < -0.39 is 0 Å². The Labute approximate surface area is 190 Å². The summed E-state index contributed by atoms with van der Waals surface area (Å²) in [5, 5.41) is 0. The lowest BCUT2D eigenvalue weighted by Gasteiger charge is -2.16. The van der Waals surface area contributed by atoms with Gasteiger partial charge in [-0.05, 0) is 38.0 Å². The number of aryl methyl sites for hydroxylation is 3. The predicted molar refractivity (Wildman–Crippen MR) is 130 cm³/mol. The summed E-state index contributed by atoms with van der Waals surface area (Å²) in [6.45, 7) is 14.9. The van der Waals surface area contributed by atoms with Crippen LogP contribution in [0.1, 0.15) is 67.9 Å². The normalized spacial score (nSPS) is 11.5. The second-order valence-electron chi connectivity index (χ2n) is 9.13. The van der Waals surface area contributed by atoms with Crippen molar-refractivity contribution in [2.45, 2.75) is 60.3 Å². The smallest absolute Gasteiger partial charge is 0.163 e. The highest BCUT2D eigenvalue weighted by Crippen LogP contribution is 2.29.